The molecule has 0 spiro atoms. The highest BCUT2D eigenvalue weighted by atomic mass is 33.1. The van der Waals surface area contributed by atoms with E-state index in [9.17, 15) is 4.79 Å². The molecule has 0 unspecified atom stereocenters. The third kappa shape index (κ3) is 4.53. The van der Waals surface area contributed by atoms with Crippen LogP contribution >= 0.6 is 29.7 Å². The van der Waals surface area contributed by atoms with Crippen LogP contribution < -0.4 is 5.32 Å². The smallest absolute Gasteiger partial charge is 0.251 e. The zero-order chi connectivity index (χ0) is 12.7. The highest BCUT2D eigenvalue weighted by molar-refractivity contribution is 8.81. The van der Waals surface area contributed by atoms with Crippen LogP contribution in [-0.2, 0) is 11.5 Å². The van der Waals surface area contributed by atoms with Gasteiger partial charge in [0.25, 0.3) is 5.91 Å². The van der Waals surface area contributed by atoms with Crippen LogP contribution in [0.25, 0.3) is 0 Å². The van der Waals surface area contributed by atoms with E-state index in [4.69, 9.17) is 0 Å². The maximum absolute atomic E-state index is 11.5. The maximum Gasteiger partial charge on any atom is 0.251 e. The second-order valence-corrected chi connectivity index (χ2v) is 8.33. The topological polar surface area (TPSA) is 29.1 Å². The fraction of sp³-hybridized carbons (Fsp3) is 0.417. The second-order valence-electron chi connectivity index (χ2n) is 3.28. The number of nitrogens with one attached hydrogen (secondary N) is 1. The molecule has 1 amide bonds. The summed E-state index contributed by atoms with van der Waals surface area (Å²) >= 11 is 3.88. The van der Waals surface area contributed by atoms with Crippen molar-refractivity contribution in [3.05, 3.63) is 34.9 Å². The molecule has 0 saturated heterocycles. The van der Waals surface area contributed by atoms with Gasteiger partial charge < -0.3 is 5.32 Å². The van der Waals surface area contributed by atoms with Crippen LogP contribution in [0.5, 0.6) is 0 Å². The molecule has 1 aliphatic rings. The molecule has 0 fully saturated rings. The minimum absolute atomic E-state index is 0.0103. The number of hydrogen-bond acceptors (Lipinski definition) is 3. The van der Waals surface area contributed by atoms with Crippen molar-refractivity contribution in [2.75, 3.05) is 7.05 Å². The Balaban J connectivity index is 0.000000686. The Hall–Kier alpha value is -0.180. The van der Waals surface area contributed by atoms with Gasteiger partial charge in [-0.2, -0.15) is 0 Å². The summed E-state index contributed by atoms with van der Waals surface area (Å²) in [6, 6.07) is 6.20. The Kier molecular flexibility index (Phi) is 7.02. The summed E-state index contributed by atoms with van der Waals surface area (Å²) in [6.45, 7) is 4.91. The number of amides is 1. The van der Waals surface area contributed by atoms with Gasteiger partial charge in [0.1, 0.15) is 0 Å². The van der Waals surface area contributed by atoms with Crippen LogP contribution in [0.2, 0.25) is 0 Å². The summed E-state index contributed by atoms with van der Waals surface area (Å²) in [6.07, 6.45) is 0. The first kappa shape index (κ1) is 14.9. The first-order chi connectivity index (χ1) is 8.29. The van der Waals surface area contributed by atoms with Gasteiger partial charge >= 0.3 is 0 Å². The SMILES string of the molecule is CC.CNC(=O)c1cc2cc(c1)CSPSC2. The van der Waals surface area contributed by atoms with Gasteiger partial charge in [-0.15, -0.1) is 22.8 Å². The van der Waals surface area contributed by atoms with Crippen LogP contribution in [0.1, 0.15) is 35.3 Å². The largest absolute Gasteiger partial charge is 0.355 e. The molecular weight excluding hydrogens is 269 g/mol. The van der Waals surface area contributed by atoms with Crippen LogP contribution in [0.15, 0.2) is 18.2 Å². The average Bonchev–Trinajstić information content (AvgIpc) is 2.38. The van der Waals surface area contributed by atoms with E-state index in [1.165, 1.54) is 11.1 Å². The minimum atomic E-state index is 0.0103. The minimum Gasteiger partial charge on any atom is -0.355 e. The van der Waals surface area contributed by atoms with E-state index < -0.39 is 0 Å². The Morgan fingerprint density at radius 1 is 1.18 bits per heavy atom. The van der Waals surface area contributed by atoms with E-state index in [2.05, 4.69) is 11.4 Å². The van der Waals surface area contributed by atoms with Gasteiger partial charge in [0, 0.05) is 24.1 Å². The van der Waals surface area contributed by atoms with Crippen molar-refractivity contribution >= 4 is 35.7 Å². The van der Waals surface area contributed by atoms with Gasteiger partial charge in [-0.05, 0) is 30.2 Å². The lowest BCUT2D eigenvalue weighted by Gasteiger charge is -2.12. The third-order valence-corrected chi connectivity index (χ3v) is 7.02. The Labute approximate surface area is 113 Å². The summed E-state index contributed by atoms with van der Waals surface area (Å²) < 4.78 is 0. The van der Waals surface area contributed by atoms with Crippen molar-refractivity contribution in [3.63, 3.8) is 0 Å². The fourth-order valence-electron chi connectivity index (χ4n) is 1.47. The molecule has 0 radical (unpaired) electrons. The number of benzene rings is 1. The van der Waals surface area contributed by atoms with Crippen LogP contribution in [0.4, 0.5) is 0 Å². The average molecular weight is 287 g/mol. The van der Waals surface area contributed by atoms with Crippen molar-refractivity contribution < 1.29 is 4.79 Å². The molecule has 1 aromatic carbocycles. The Morgan fingerprint density at radius 2 is 1.71 bits per heavy atom. The van der Waals surface area contributed by atoms with Gasteiger partial charge in [0.2, 0.25) is 0 Å². The van der Waals surface area contributed by atoms with E-state index in [1.807, 2.05) is 48.7 Å². The van der Waals surface area contributed by atoms with E-state index in [-0.39, 0.29) is 5.91 Å². The van der Waals surface area contributed by atoms with Crippen molar-refractivity contribution in [1.82, 2.24) is 5.32 Å². The molecule has 0 saturated carbocycles. The zero-order valence-corrected chi connectivity index (χ0v) is 13.0. The quantitative estimate of drug-likeness (QED) is 0.790. The van der Waals surface area contributed by atoms with Gasteiger partial charge in [-0.3, -0.25) is 4.79 Å². The molecule has 0 atom stereocenters. The first-order valence-corrected chi connectivity index (χ1v) is 10.0. The summed E-state index contributed by atoms with van der Waals surface area (Å²) in [7, 11) is 1.67. The number of rotatable bonds is 1. The number of fused-ring (bicyclic) bond motifs is 2. The van der Waals surface area contributed by atoms with E-state index in [0.29, 0.717) is 0 Å². The Morgan fingerprint density at radius 3 is 2.18 bits per heavy atom. The molecule has 5 heteroatoms. The molecule has 2 rings (SSSR count). The lowest BCUT2D eigenvalue weighted by atomic mass is 10.1. The van der Waals surface area contributed by atoms with Crippen molar-refractivity contribution in [3.8, 4) is 0 Å². The number of carbonyl (C=O) groups excluding carboxylic acids is 1. The molecule has 1 N–H and O–H groups in total. The van der Waals surface area contributed by atoms with Gasteiger partial charge in [0.15, 0.2) is 0 Å². The summed E-state index contributed by atoms with van der Waals surface area (Å²) in [5, 5.41) is 2.67. The molecule has 0 aromatic heterocycles. The summed E-state index contributed by atoms with van der Waals surface area (Å²) in [5.41, 5.74) is 3.32. The number of hydrogen-bond donors (Lipinski definition) is 1. The Bertz CT molecular complexity index is 361. The molecule has 1 aromatic rings. The van der Waals surface area contributed by atoms with E-state index >= 15 is 0 Å². The number of carbonyl (C=O) groups is 1. The maximum atomic E-state index is 11.5. The predicted molar refractivity (Wildman–Crippen MR) is 82.1 cm³/mol. The van der Waals surface area contributed by atoms with E-state index in [0.717, 1.165) is 24.1 Å². The molecule has 2 bridgehead atoms. The molecule has 1 heterocycles. The van der Waals surface area contributed by atoms with Crippen LogP contribution in [0, 0.1) is 0 Å². The first-order valence-electron chi connectivity index (χ1n) is 5.63. The van der Waals surface area contributed by atoms with Gasteiger partial charge in [0.05, 0.1) is 0 Å². The fourth-order valence-corrected chi connectivity index (χ4v) is 5.75. The lowest BCUT2D eigenvalue weighted by molar-refractivity contribution is 0.0963. The van der Waals surface area contributed by atoms with Crippen LogP contribution in [-0.4, -0.2) is 13.0 Å². The van der Waals surface area contributed by atoms with Crippen LogP contribution in [0.3, 0.4) is 0 Å². The third-order valence-electron chi connectivity index (χ3n) is 2.14. The molecule has 94 valence electrons. The van der Waals surface area contributed by atoms with Gasteiger partial charge in [-0.25, -0.2) is 0 Å². The predicted octanol–water partition coefficient (Wildman–Crippen LogP) is 4.06. The highest BCUT2D eigenvalue weighted by Gasteiger charge is 2.09. The van der Waals surface area contributed by atoms with Crippen molar-refractivity contribution in [2.24, 2.45) is 0 Å². The monoisotopic (exact) mass is 287 g/mol. The summed E-state index contributed by atoms with van der Waals surface area (Å²) in [4.78, 5) is 11.5. The zero-order valence-electron chi connectivity index (χ0n) is 10.4. The normalized spacial score (nSPS) is 13.8. The molecule has 2 nitrogen and oxygen atoms in total. The highest BCUT2D eigenvalue weighted by Crippen LogP contribution is 2.47. The standard InChI is InChI=1S/C10H12NOPS2.C2H6/c1-11-10(12)9-3-7-2-8(4-9)6-15-13-14-5-7;1-2/h2-4,13H,5-6H2,1H3,(H,11,12);1-2H3. The lowest BCUT2D eigenvalue weighted by Crippen LogP contribution is -2.18. The second kappa shape index (κ2) is 8.02. The summed E-state index contributed by atoms with van der Waals surface area (Å²) in [5.74, 6) is 2.04. The van der Waals surface area contributed by atoms with E-state index in [1.54, 1.807) is 7.05 Å². The molecule has 0 aliphatic carbocycles. The molecular formula is C12H18NOPS2. The molecule has 17 heavy (non-hydrogen) atoms. The van der Waals surface area contributed by atoms with Gasteiger partial charge in [-0.1, -0.05) is 19.9 Å². The van der Waals surface area contributed by atoms with Crippen molar-refractivity contribution in [1.29, 1.82) is 0 Å². The molecule has 1 aliphatic heterocycles. The van der Waals surface area contributed by atoms with Crippen molar-refractivity contribution in [2.45, 2.75) is 25.4 Å².